The van der Waals surface area contributed by atoms with Gasteiger partial charge in [-0.1, -0.05) is 12.1 Å². The van der Waals surface area contributed by atoms with Gasteiger partial charge in [-0.2, -0.15) is 4.39 Å². The van der Waals surface area contributed by atoms with Crippen LogP contribution in [0.4, 0.5) is 13.2 Å². The molecule has 0 aliphatic carbocycles. The van der Waals surface area contributed by atoms with Crippen molar-refractivity contribution in [1.82, 2.24) is 0 Å². The number of carbonyl (C=O) groups is 1. The summed E-state index contributed by atoms with van der Waals surface area (Å²) in [4.78, 5) is 11.0. The summed E-state index contributed by atoms with van der Waals surface area (Å²) < 4.78 is 39.5. The van der Waals surface area contributed by atoms with Crippen LogP contribution < -0.4 is 0 Å². The lowest BCUT2D eigenvalue weighted by Gasteiger charge is -2.09. The Balaban J connectivity index is 2.74. The molecule has 0 amide bonds. The lowest BCUT2D eigenvalue weighted by atomic mass is 10.2. The third-order valence-electron chi connectivity index (χ3n) is 1.54. The van der Waals surface area contributed by atoms with Gasteiger partial charge < -0.3 is 9.84 Å². The van der Waals surface area contributed by atoms with Crippen LogP contribution in [0, 0.1) is 0 Å². The second-order valence-electron chi connectivity index (χ2n) is 2.61. The summed E-state index contributed by atoms with van der Waals surface area (Å²) in [6.45, 7) is 0. The SMILES string of the molecule is O=C(OC(F)C(F)F)c1ccccc1O. The molecule has 0 aliphatic rings. The number of hydrogen-bond donors (Lipinski definition) is 1. The molecule has 1 atom stereocenters. The second-order valence-corrected chi connectivity index (χ2v) is 2.61. The minimum atomic E-state index is -3.40. The van der Waals surface area contributed by atoms with E-state index in [1.165, 1.54) is 12.1 Å². The van der Waals surface area contributed by atoms with Gasteiger partial charge in [-0.05, 0) is 12.1 Å². The number of halogens is 3. The Morgan fingerprint density at radius 2 is 1.87 bits per heavy atom. The van der Waals surface area contributed by atoms with Crippen LogP contribution in [0.15, 0.2) is 24.3 Å². The molecule has 1 rings (SSSR count). The summed E-state index contributed by atoms with van der Waals surface area (Å²) in [6.07, 6.45) is -6.39. The minimum Gasteiger partial charge on any atom is -0.507 e. The third-order valence-corrected chi connectivity index (χ3v) is 1.54. The summed E-state index contributed by atoms with van der Waals surface area (Å²) in [5, 5.41) is 9.12. The number of rotatable bonds is 3. The molecule has 0 saturated heterocycles. The molecule has 1 unspecified atom stereocenters. The zero-order chi connectivity index (χ0) is 11.4. The van der Waals surface area contributed by atoms with E-state index in [0.717, 1.165) is 12.1 Å². The van der Waals surface area contributed by atoms with Gasteiger partial charge in [0.25, 0.3) is 0 Å². The van der Waals surface area contributed by atoms with Crippen LogP contribution in [0.3, 0.4) is 0 Å². The number of aromatic hydroxyl groups is 1. The van der Waals surface area contributed by atoms with Crippen molar-refractivity contribution in [1.29, 1.82) is 0 Å². The van der Waals surface area contributed by atoms with E-state index in [1.807, 2.05) is 0 Å². The van der Waals surface area contributed by atoms with Crippen molar-refractivity contribution in [3.05, 3.63) is 29.8 Å². The molecule has 0 aromatic heterocycles. The number of phenolic OH excluding ortho intramolecular Hbond substituents is 1. The van der Waals surface area contributed by atoms with Crippen LogP contribution in [-0.2, 0) is 4.74 Å². The predicted molar refractivity (Wildman–Crippen MR) is 44.4 cm³/mol. The second kappa shape index (κ2) is 4.68. The fraction of sp³-hybridized carbons (Fsp3) is 0.222. The first-order chi connectivity index (χ1) is 7.02. The average molecular weight is 220 g/mol. The van der Waals surface area contributed by atoms with Gasteiger partial charge in [-0.25, -0.2) is 13.6 Å². The number of carbonyl (C=O) groups excluding carboxylic acids is 1. The van der Waals surface area contributed by atoms with E-state index in [2.05, 4.69) is 4.74 Å². The standard InChI is InChI=1S/C9H7F3O3/c10-7(11)8(12)15-9(14)5-3-1-2-4-6(5)13/h1-4,7-8,13H. The maximum atomic E-state index is 12.3. The molecular formula is C9H7F3O3. The van der Waals surface area contributed by atoms with Crippen LogP contribution in [0.1, 0.15) is 10.4 Å². The van der Waals surface area contributed by atoms with Crippen molar-refractivity contribution in [2.75, 3.05) is 0 Å². The van der Waals surface area contributed by atoms with E-state index >= 15 is 0 Å². The molecular weight excluding hydrogens is 213 g/mol. The van der Waals surface area contributed by atoms with Crippen LogP contribution in [-0.4, -0.2) is 23.9 Å². The molecule has 0 aliphatic heterocycles. The number of benzene rings is 1. The normalized spacial score (nSPS) is 12.5. The fourth-order valence-electron chi connectivity index (χ4n) is 0.863. The topological polar surface area (TPSA) is 46.5 Å². The fourth-order valence-corrected chi connectivity index (χ4v) is 0.863. The Labute approximate surface area is 83.1 Å². The first-order valence-corrected chi connectivity index (χ1v) is 3.93. The molecule has 0 bridgehead atoms. The van der Waals surface area contributed by atoms with Gasteiger partial charge in [0, 0.05) is 0 Å². The lowest BCUT2D eigenvalue weighted by molar-refractivity contribution is -0.0972. The smallest absolute Gasteiger partial charge is 0.344 e. The summed E-state index contributed by atoms with van der Waals surface area (Å²) in [6, 6.07) is 5.10. The highest BCUT2D eigenvalue weighted by Crippen LogP contribution is 2.18. The minimum absolute atomic E-state index is 0.360. The summed E-state index contributed by atoms with van der Waals surface area (Å²) in [7, 11) is 0. The molecule has 1 aromatic carbocycles. The number of hydrogen-bond acceptors (Lipinski definition) is 3. The highest BCUT2D eigenvalue weighted by molar-refractivity contribution is 5.92. The third kappa shape index (κ3) is 2.87. The quantitative estimate of drug-likeness (QED) is 0.793. The number of esters is 1. The highest BCUT2D eigenvalue weighted by atomic mass is 19.3. The monoisotopic (exact) mass is 220 g/mol. The first kappa shape index (κ1) is 11.4. The maximum Gasteiger partial charge on any atom is 0.344 e. The zero-order valence-corrected chi connectivity index (χ0v) is 7.36. The van der Waals surface area contributed by atoms with Crippen molar-refractivity contribution in [2.45, 2.75) is 12.8 Å². The zero-order valence-electron chi connectivity index (χ0n) is 7.36. The molecule has 3 nitrogen and oxygen atoms in total. The molecule has 1 N–H and O–H groups in total. The summed E-state index contributed by atoms with van der Waals surface area (Å²) >= 11 is 0. The first-order valence-electron chi connectivity index (χ1n) is 3.93. The largest absolute Gasteiger partial charge is 0.507 e. The molecule has 0 radical (unpaired) electrons. The van der Waals surface area contributed by atoms with Crippen LogP contribution in [0.2, 0.25) is 0 Å². The van der Waals surface area contributed by atoms with E-state index in [9.17, 15) is 18.0 Å². The Bertz CT molecular complexity index is 354. The Kier molecular flexibility index (Phi) is 3.54. The van der Waals surface area contributed by atoms with Crippen molar-refractivity contribution in [2.24, 2.45) is 0 Å². The average Bonchev–Trinajstić information content (AvgIpc) is 2.18. The van der Waals surface area contributed by atoms with Crippen LogP contribution in [0.25, 0.3) is 0 Å². The molecule has 1 aromatic rings. The molecule has 15 heavy (non-hydrogen) atoms. The Morgan fingerprint density at radius 3 is 2.40 bits per heavy atom. The van der Waals surface area contributed by atoms with Crippen molar-refractivity contribution < 1.29 is 27.8 Å². The summed E-state index contributed by atoms with van der Waals surface area (Å²) in [5.41, 5.74) is -0.360. The molecule has 82 valence electrons. The molecule has 0 saturated carbocycles. The van der Waals surface area contributed by atoms with Gasteiger partial charge in [-0.15, -0.1) is 0 Å². The van der Waals surface area contributed by atoms with E-state index in [0.29, 0.717) is 0 Å². The van der Waals surface area contributed by atoms with Crippen LogP contribution >= 0.6 is 0 Å². The molecule has 0 fully saturated rings. The van der Waals surface area contributed by atoms with E-state index in [-0.39, 0.29) is 5.56 Å². The Morgan fingerprint density at radius 1 is 1.27 bits per heavy atom. The number of phenols is 1. The molecule has 0 heterocycles. The Hall–Kier alpha value is -1.72. The lowest BCUT2D eigenvalue weighted by Crippen LogP contribution is -2.20. The van der Waals surface area contributed by atoms with E-state index in [1.54, 1.807) is 0 Å². The van der Waals surface area contributed by atoms with Gasteiger partial charge >= 0.3 is 18.8 Å². The van der Waals surface area contributed by atoms with Gasteiger partial charge in [0.2, 0.25) is 0 Å². The van der Waals surface area contributed by atoms with Crippen molar-refractivity contribution in [3.8, 4) is 5.75 Å². The van der Waals surface area contributed by atoms with Gasteiger partial charge in [0.1, 0.15) is 11.3 Å². The van der Waals surface area contributed by atoms with E-state index in [4.69, 9.17) is 5.11 Å². The van der Waals surface area contributed by atoms with Gasteiger partial charge in [0.05, 0.1) is 0 Å². The predicted octanol–water partition coefficient (Wildman–Crippen LogP) is 2.11. The highest BCUT2D eigenvalue weighted by Gasteiger charge is 2.25. The maximum absolute atomic E-state index is 12.3. The van der Waals surface area contributed by atoms with Crippen molar-refractivity contribution in [3.63, 3.8) is 0 Å². The number of alkyl halides is 3. The van der Waals surface area contributed by atoms with Gasteiger partial charge in [-0.3, -0.25) is 0 Å². The molecule has 6 heteroatoms. The summed E-state index contributed by atoms with van der Waals surface area (Å²) in [5.74, 6) is -1.79. The van der Waals surface area contributed by atoms with Gasteiger partial charge in [0.15, 0.2) is 0 Å². The van der Waals surface area contributed by atoms with E-state index < -0.39 is 24.5 Å². The number of para-hydroxylation sites is 1. The van der Waals surface area contributed by atoms with Crippen molar-refractivity contribution >= 4 is 5.97 Å². The van der Waals surface area contributed by atoms with Crippen LogP contribution in [0.5, 0.6) is 5.75 Å². The number of ether oxygens (including phenoxy) is 1. The molecule has 0 spiro atoms.